The van der Waals surface area contributed by atoms with Gasteiger partial charge in [0.25, 0.3) is 0 Å². The summed E-state index contributed by atoms with van der Waals surface area (Å²) in [6, 6.07) is 10.3. The monoisotopic (exact) mass is 397 g/mol. The van der Waals surface area contributed by atoms with Gasteiger partial charge in [-0.15, -0.1) is 0 Å². The molecule has 29 heavy (non-hydrogen) atoms. The number of hydrogen-bond donors (Lipinski definition) is 3. The van der Waals surface area contributed by atoms with Crippen LogP contribution in [0.5, 0.6) is 0 Å². The van der Waals surface area contributed by atoms with Crippen molar-refractivity contribution >= 4 is 6.03 Å². The summed E-state index contributed by atoms with van der Waals surface area (Å²) < 4.78 is 0. The number of nitrogens with zero attached hydrogens (tertiary/aromatic N) is 3. The Hall–Kier alpha value is -2.38. The van der Waals surface area contributed by atoms with E-state index in [1.54, 1.807) is 6.20 Å². The fraction of sp³-hybridized carbons (Fsp3) is 0.545. The number of aliphatic hydroxyl groups is 1. The third-order valence-corrected chi connectivity index (χ3v) is 6.17. The molecule has 2 aromatic rings. The number of hydrogen-bond acceptors (Lipinski definition) is 4. The highest BCUT2D eigenvalue weighted by atomic mass is 16.3. The molecule has 1 atom stereocenters. The standard InChI is InChI=1S/C22H31N5O2/c28-20-8-12-26(13-9-20)15-18-5-2-1-4-17(18)14-23-22(29)27-11-3-6-19(16-27)21-7-10-24-25-21/h1-2,4-5,7,10,19-20,28H,3,6,8-9,11-16H2,(H,23,29)(H,24,25). The molecular weight excluding hydrogens is 366 g/mol. The number of carbonyl (C=O) groups is 1. The Bertz CT molecular complexity index is 786. The normalized spacial score (nSPS) is 21.3. The van der Waals surface area contributed by atoms with Crippen molar-refractivity contribution in [1.29, 1.82) is 0 Å². The molecule has 0 aliphatic carbocycles. The van der Waals surface area contributed by atoms with E-state index in [9.17, 15) is 9.90 Å². The van der Waals surface area contributed by atoms with Crippen molar-refractivity contribution in [2.45, 2.75) is 50.8 Å². The molecule has 1 unspecified atom stereocenters. The molecule has 4 rings (SSSR count). The fourth-order valence-electron chi connectivity index (χ4n) is 4.39. The molecule has 1 aromatic heterocycles. The average Bonchev–Trinajstić information content (AvgIpc) is 3.30. The molecule has 2 saturated heterocycles. The van der Waals surface area contributed by atoms with Gasteiger partial charge in [0.2, 0.25) is 0 Å². The number of aromatic amines is 1. The summed E-state index contributed by atoms with van der Waals surface area (Å²) in [4.78, 5) is 17.1. The molecule has 156 valence electrons. The van der Waals surface area contributed by atoms with Crippen LogP contribution in [0, 0.1) is 0 Å². The van der Waals surface area contributed by atoms with Crippen molar-refractivity contribution in [3.05, 3.63) is 53.3 Å². The smallest absolute Gasteiger partial charge is 0.317 e. The Labute approximate surface area is 172 Å². The zero-order chi connectivity index (χ0) is 20.1. The summed E-state index contributed by atoms with van der Waals surface area (Å²) in [6.45, 7) is 4.77. The predicted molar refractivity (Wildman–Crippen MR) is 111 cm³/mol. The SMILES string of the molecule is O=C(NCc1ccccc1CN1CCC(O)CC1)N1CCCC(c2ccn[nH]2)C1. The van der Waals surface area contributed by atoms with E-state index < -0.39 is 0 Å². The first kappa shape index (κ1) is 19.9. The van der Waals surface area contributed by atoms with Crippen LogP contribution in [0.1, 0.15) is 48.4 Å². The van der Waals surface area contributed by atoms with Crippen LogP contribution < -0.4 is 5.32 Å². The summed E-state index contributed by atoms with van der Waals surface area (Å²) in [5.74, 6) is 0.332. The zero-order valence-electron chi connectivity index (χ0n) is 16.9. The number of piperidine rings is 2. The first-order valence-electron chi connectivity index (χ1n) is 10.7. The number of carbonyl (C=O) groups excluding carboxylic acids is 1. The molecule has 3 N–H and O–H groups in total. The predicted octanol–water partition coefficient (Wildman–Crippen LogP) is 2.46. The first-order valence-corrected chi connectivity index (χ1v) is 10.7. The number of likely N-dealkylation sites (tertiary alicyclic amines) is 2. The quantitative estimate of drug-likeness (QED) is 0.724. The molecule has 7 nitrogen and oxygen atoms in total. The van der Waals surface area contributed by atoms with E-state index in [1.165, 1.54) is 5.56 Å². The maximum Gasteiger partial charge on any atom is 0.317 e. The van der Waals surface area contributed by atoms with Gasteiger partial charge in [-0.2, -0.15) is 5.10 Å². The summed E-state index contributed by atoms with van der Waals surface area (Å²) >= 11 is 0. The Morgan fingerprint density at radius 3 is 2.69 bits per heavy atom. The number of rotatable bonds is 5. The Morgan fingerprint density at radius 1 is 1.14 bits per heavy atom. The lowest BCUT2D eigenvalue weighted by Gasteiger charge is -2.32. The molecular formula is C22H31N5O2. The Morgan fingerprint density at radius 2 is 1.93 bits per heavy atom. The summed E-state index contributed by atoms with van der Waals surface area (Å²) in [5, 5.41) is 19.9. The minimum Gasteiger partial charge on any atom is -0.393 e. The van der Waals surface area contributed by atoms with Crippen molar-refractivity contribution in [2.75, 3.05) is 26.2 Å². The van der Waals surface area contributed by atoms with Crippen LogP contribution in [0.4, 0.5) is 4.79 Å². The van der Waals surface area contributed by atoms with Crippen molar-refractivity contribution < 1.29 is 9.90 Å². The van der Waals surface area contributed by atoms with E-state index in [2.05, 4.69) is 38.6 Å². The second kappa shape index (κ2) is 9.41. The van der Waals surface area contributed by atoms with Crippen LogP contribution in [-0.2, 0) is 13.1 Å². The van der Waals surface area contributed by atoms with Crippen LogP contribution in [-0.4, -0.2) is 63.4 Å². The number of H-pyrrole nitrogens is 1. The third-order valence-electron chi connectivity index (χ3n) is 6.17. The highest BCUT2D eigenvalue weighted by Crippen LogP contribution is 2.25. The largest absolute Gasteiger partial charge is 0.393 e. The van der Waals surface area contributed by atoms with Gasteiger partial charge in [0.05, 0.1) is 6.10 Å². The van der Waals surface area contributed by atoms with Gasteiger partial charge in [-0.25, -0.2) is 4.79 Å². The molecule has 0 spiro atoms. The lowest BCUT2D eigenvalue weighted by Crippen LogP contribution is -2.44. The second-order valence-corrected chi connectivity index (χ2v) is 8.23. The fourth-order valence-corrected chi connectivity index (χ4v) is 4.39. The number of aromatic nitrogens is 2. The van der Waals surface area contributed by atoms with Crippen LogP contribution in [0.3, 0.4) is 0 Å². The summed E-state index contributed by atoms with van der Waals surface area (Å²) in [6.07, 6.45) is 5.38. The maximum absolute atomic E-state index is 12.8. The van der Waals surface area contributed by atoms with E-state index in [0.717, 1.165) is 69.7 Å². The molecule has 2 aliphatic heterocycles. The van der Waals surface area contributed by atoms with E-state index in [4.69, 9.17) is 0 Å². The molecule has 7 heteroatoms. The van der Waals surface area contributed by atoms with Crippen LogP contribution in [0.25, 0.3) is 0 Å². The van der Waals surface area contributed by atoms with Gasteiger partial charge in [-0.1, -0.05) is 24.3 Å². The van der Waals surface area contributed by atoms with Gasteiger partial charge in [0.1, 0.15) is 0 Å². The molecule has 0 saturated carbocycles. The van der Waals surface area contributed by atoms with Gasteiger partial charge < -0.3 is 15.3 Å². The molecule has 0 radical (unpaired) electrons. The lowest BCUT2D eigenvalue weighted by atomic mass is 9.95. The van der Waals surface area contributed by atoms with Gasteiger partial charge >= 0.3 is 6.03 Å². The molecule has 2 aliphatic rings. The number of benzene rings is 1. The number of nitrogens with one attached hydrogen (secondary N) is 2. The average molecular weight is 398 g/mol. The van der Waals surface area contributed by atoms with Crippen molar-refractivity contribution in [1.82, 2.24) is 25.3 Å². The number of amides is 2. The highest BCUT2D eigenvalue weighted by molar-refractivity contribution is 5.74. The highest BCUT2D eigenvalue weighted by Gasteiger charge is 2.25. The molecule has 3 heterocycles. The molecule has 2 amide bonds. The first-order chi connectivity index (χ1) is 14.2. The van der Waals surface area contributed by atoms with Crippen LogP contribution in [0.15, 0.2) is 36.5 Å². The van der Waals surface area contributed by atoms with Gasteiger partial charge in [0, 0.05) is 57.1 Å². The number of urea groups is 1. The van der Waals surface area contributed by atoms with Crippen LogP contribution >= 0.6 is 0 Å². The van der Waals surface area contributed by atoms with Gasteiger partial charge in [-0.05, 0) is 42.9 Å². The molecule has 0 bridgehead atoms. The topological polar surface area (TPSA) is 84.5 Å². The van der Waals surface area contributed by atoms with E-state index >= 15 is 0 Å². The molecule has 2 fully saturated rings. The molecule has 1 aromatic carbocycles. The third kappa shape index (κ3) is 5.16. The Kier molecular flexibility index (Phi) is 6.46. The lowest BCUT2D eigenvalue weighted by molar-refractivity contribution is 0.0791. The van der Waals surface area contributed by atoms with Crippen molar-refractivity contribution in [2.24, 2.45) is 0 Å². The van der Waals surface area contributed by atoms with Gasteiger partial charge in [0.15, 0.2) is 0 Å². The van der Waals surface area contributed by atoms with E-state index in [-0.39, 0.29) is 12.1 Å². The minimum absolute atomic E-state index is 0.00473. The second-order valence-electron chi connectivity index (χ2n) is 8.23. The number of aliphatic hydroxyl groups excluding tert-OH is 1. The van der Waals surface area contributed by atoms with Crippen molar-refractivity contribution in [3.63, 3.8) is 0 Å². The van der Waals surface area contributed by atoms with Crippen LogP contribution in [0.2, 0.25) is 0 Å². The summed E-state index contributed by atoms with van der Waals surface area (Å²) in [7, 11) is 0. The zero-order valence-corrected chi connectivity index (χ0v) is 16.9. The summed E-state index contributed by atoms with van der Waals surface area (Å²) in [5.41, 5.74) is 3.52. The minimum atomic E-state index is -0.157. The van der Waals surface area contributed by atoms with Gasteiger partial charge in [-0.3, -0.25) is 10.00 Å². The van der Waals surface area contributed by atoms with E-state index in [1.807, 2.05) is 17.0 Å². The van der Waals surface area contributed by atoms with E-state index in [0.29, 0.717) is 12.5 Å². The van der Waals surface area contributed by atoms with Crippen molar-refractivity contribution in [3.8, 4) is 0 Å². The maximum atomic E-state index is 12.8. The Balaban J connectivity index is 1.32.